The lowest BCUT2D eigenvalue weighted by Gasteiger charge is -2.32. The van der Waals surface area contributed by atoms with Crippen LogP contribution in [0.2, 0.25) is 0 Å². The van der Waals surface area contributed by atoms with E-state index in [0.717, 1.165) is 27.9 Å². The third-order valence-electron chi connectivity index (χ3n) is 5.24. The molecule has 2 fully saturated rings. The first-order valence-corrected chi connectivity index (χ1v) is 10.7. The predicted molar refractivity (Wildman–Crippen MR) is 109 cm³/mol. The van der Waals surface area contributed by atoms with E-state index in [0.29, 0.717) is 12.2 Å². The summed E-state index contributed by atoms with van der Waals surface area (Å²) >= 11 is 3.37. The van der Waals surface area contributed by atoms with E-state index in [4.69, 9.17) is 0 Å². The molecule has 0 saturated carbocycles. The molecule has 0 aliphatic carbocycles. The van der Waals surface area contributed by atoms with Crippen molar-refractivity contribution in [1.29, 1.82) is 0 Å². The summed E-state index contributed by atoms with van der Waals surface area (Å²) in [5, 5.41) is 5.97. The molecule has 2 aliphatic rings. The lowest BCUT2D eigenvalue weighted by molar-refractivity contribution is -0.136. The van der Waals surface area contributed by atoms with E-state index >= 15 is 0 Å². The number of amides is 2. The Morgan fingerprint density at radius 2 is 2.15 bits per heavy atom. The highest BCUT2D eigenvalue weighted by molar-refractivity contribution is 8.00. The highest BCUT2D eigenvalue weighted by atomic mass is 32.2. The Hall–Kier alpha value is -2.38. The maximum Gasteiger partial charge on any atom is 0.248 e. The van der Waals surface area contributed by atoms with Gasteiger partial charge >= 0.3 is 0 Å². The van der Waals surface area contributed by atoms with Crippen LogP contribution in [0.5, 0.6) is 0 Å². The van der Waals surface area contributed by atoms with Crippen LogP contribution in [0, 0.1) is 0 Å². The second-order valence-corrected chi connectivity index (χ2v) is 8.96. The van der Waals surface area contributed by atoms with Gasteiger partial charge in [0.1, 0.15) is 10.9 Å². The van der Waals surface area contributed by atoms with E-state index in [2.05, 4.69) is 16.4 Å². The standard InChI is InChI=1S/C20H17N3O2S2/c24-18-8-9-20(17-7-3-11-26-17)23(18)16(12-27-20)19(25)22-15-6-1-5-14-13(15)4-2-10-21-14/h1-7,10-11,16H,8-9,12H2,(H,22,25)/t16-,20+/m0/s1. The molecule has 27 heavy (non-hydrogen) atoms. The van der Waals surface area contributed by atoms with Crippen molar-refractivity contribution >= 4 is 51.5 Å². The van der Waals surface area contributed by atoms with Gasteiger partial charge in [-0.25, -0.2) is 0 Å². The van der Waals surface area contributed by atoms with E-state index < -0.39 is 6.04 Å². The first kappa shape index (κ1) is 16.8. The topological polar surface area (TPSA) is 62.3 Å². The van der Waals surface area contributed by atoms with E-state index in [9.17, 15) is 9.59 Å². The average molecular weight is 396 g/mol. The average Bonchev–Trinajstić information content (AvgIpc) is 3.40. The molecule has 0 radical (unpaired) electrons. The summed E-state index contributed by atoms with van der Waals surface area (Å²) in [6.45, 7) is 0. The van der Waals surface area contributed by atoms with Gasteiger partial charge in [0.05, 0.1) is 11.2 Å². The second kappa shape index (κ2) is 6.35. The number of carbonyl (C=O) groups is 2. The number of hydrogen-bond donors (Lipinski definition) is 1. The van der Waals surface area contributed by atoms with Crippen molar-refractivity contribution in [3.05, 3.63) is 58.9 Å². The number of pyridine rings is 1. The van der Waals surface area contributed by atoms with Gasteiger partial charge in [-0.3, -0.25) is 14.6 Å². The summed E-state index contributed by atoms with van der Waals surface area (Å²) in [6.07, 6.45) is 2.99. The molecule has 5 nitrogen and oxygen atoms in total. The zero-order chi connectivity index (χ0) is 18.4. The molecule has 2 amide bonds. The van der Waals surface area contributed by atoms with Crippen LogP contribution in [0.4, 0.5) is 5.69 Å². The van der Waals surface area contributed by atoms with E-state index in [-0.39, 0.29) is 16.7 Å². The van der Waals surface area contributed by atoms with Crippen molar-refractivity contribution < 1.29 is 9.59 Å². The summed E-state index contributed by atoms with van der Waals surface area (Å²) in [5.41, 5.74) is 1.57. The van der Waals surface area contributed by atoms with Crippen LogP contribution >= 0.6 is 23.1 Å². The van der Waals surface area contributed by atoms with Gasteiger partial charge in [-0.1, -0.05) is 12.1 Å². The van der Waals surface area contributed by atoms with Crippen molar-refractivity contribution in [2.75, 3.05) is 11.1 Å². The molecule has 3 aromatic rings. The largest absolute Gasteiger partial charge is 0.324 e. The molecular weight excluding hydrogens is 378 g/mol. The summed E-state index contributed by atoms with van der Waals surface area (Å²) in [6, 6.07) is 13.1. The molecule has 0 bridgehead atoms. The van der Waals surface area contributed by atoms with Gasteiger partial charge in [-0.2, -0.15) is 0 Å². The number of nitrogens with one attached hydrogen (secondary N) is 1. The number of rotatable bonds is 3. The van der Waals surface area contributed by atoms with Gasteiger partial charge in [0.15, 0.2) is 0 Å². The Kier molecular flexibility index (Phi) is 3.94. The van der Waals surface area contributed by atoms with Gasteiger partial charge in [0.25, 0.3) is 0 Å². The van der Waals surface area contributed by atoms with Crippen molar-refractivity contribution in [2.24, 2.45) is 0 Å². The Labute approximate surface area is 164 Å². The van der Waals surface area contributed by atoms with Crippen LogP contribution < -0.4 is 5.32 Å². The number of benzene rings is 1. The number of nitrogens with zero attached hydrogens (tertiary/aromatic N) is 2. The molecule has 5 rings (SSSR count). The normalized spacial score (nSPS) is 24.4. The van der Waals surface area contributed by atoms with Crippen LogP contribution in [0.25, 0.3) is 10.9 Å². The van der Waals surface area contributed by atoms with Crippen molar-refractivity contribution in [2.45, 2.75) is 23.8 Å². The number of aromatic nitrogens is 1. The molecule has 7 heteroatoms. The SMILES string of the molecule is O=C(Nc1cccc2ncccc12)[C@@H]1CS[C@@]2(c3cccs3)CCC(=O)N12. The Morgan fingerprint density at radius 3 is 3.00 bits per heavy atom. The predicted octanol–water partition coefficient (Wildman–Crippen LogP) is 3.83. The molecule has 0 unspecified atom stereocenters. The smallest absolute Gasteiger partial charge is 0.248 e. The lowest BCUT2D eigenvalue weighted by Crippen LogP contribution is -2.47. The fraction of sp³-hybridized carbons (Fsp3) is 0.250. The van der Waals surface area contributed by atoms with Crippen LogP contribution in [-0.2, 0) is 14.5 Å². The number of thioether (sulfide) groups is 1. The fourth-order valence-electron chi connectivity index (χ4n) is 4.01. The minimum absolute atomic E-state index is 0.0631. The minimum atomic E-state index is -0.459. The van der Waals surface area contributed by atoms with Gasteiger partial charge in [-0.05, 0) is 42.1 Å². The number of carbonyl (C=O) groups excluding carboxylic acids is 2. The van der Waals surface area contributed by atoms with Crippen molar-refractivity contribution in [3.63, 3.8) is 0 Å². The summed E-state index contributed by atoms with van der Waals surface area (Å²) in [4.78, 5) is 32.7. The van der Waals surface area contributed by atoms with E-state index in [1.807, 2.05) is 46.7 Å². The van der Waals surface area contributed by atoms with Gasteiger partial charge in [0, 0.05) is 28.6 Å². The molecule has 2 aliphatic heterocycles. The van der Waals surface area contributed by atoms with Crippen LogP contribution in [0.3, 0.4) is 0 Å². The third kappa shape index (κ3) is 2.56. The van der Waals surface area contributed by atoms with Gasteiger partial charge in [-0.15, -0.1) is 23.1 Å². The summed E-state index contributed by atoms with van der Waals surface area (Å²) < 4.78 is 0. The molecular formula is C20H17N3O2S2. The number of hydrogen-bond acceptors (Lipinski definition) is 5. The minimum Gasteiger partial charge on any atom is -0.324 e. The highest BCUT2D eigenvalue weighted by Crippen LogP contribution is 2.55. The Morgan fingerprint density at radius 1 is 1.22 bits per heavy atom. The maximum absolute atomic E-state index is 13.1. The summed E-state index contributed by atoms with van der Waals surface area (Å²) in [5.74, 6) is 0.541. The first-order chi connectivity index (χ1) is 13.2. The van der Waals surface area contributed by atoms with Crippen LogP contribution in [0.1, 0.15) is 17.7 Å². The van der Waals surface area contributed by atoms with Crippen molar-refractivity contribution in [1.82, 2.24) is 9.88 Å². The molecule has 2 saturated heterocycles. The molecule has 4 heterocycles. The van der Waals surface area contributed by atoms with Gasteiger partial charge in [0.2, 0.25) is 11.8 Å². The lowest BCUT2D eigenvalue weighted by atomic mass is 10.1. The summed E-state index contributed by atoms with van der Waals surface area (Å²) in [7, 11) is 0. The zero-order valence-electron chi connectivity index (χ0n) is 14.4. The van der Waals surface area contributed by atoms with Gasteiger partial charge < -0.3 is 10.2 Å². The number of fused-ring (bicyclic) bond motifs is 2. The third-order valence-corrected chi connectivity index (χ3v) is 7.97. The maximum atomic E-state index is 13.1. The highest BCUT2D eigenvalue weighted by Gasteiger charge is 2.57. The molecule has 2 atom stereocenters. The molecule has 0 spiro atoms. The fourth-order valence-corrected chi connectivity index (χ4v) is 6.74. The molecule has 2 aromatic heterocycles. The Balaban J connectivity index is 1.46. The van der Waals surface area contributed by atoms with Crippen molar-refractivity contribution in [3.8, 4) is 0 Å². The molecule has 1 N–H and O–H groups in total. The van der Waals surface area contributed by atoms with Crippen LogP contribution in [-0.4, -0.2) is 33.5 Å². The second-order valence-electron chi connectivity index (χ2n) is 6.72. The monoisotopic (exact) mass is 395 g/mol. The zero-order valence-corrected chi connectivity index (χ0v) is 16.1. The number of anilines is 1. The quantitative estimate of drug-likeness (QED) is 0.732. The van der Waals surface area contributed by atoms with E-state index in [1.165, 1.54) is 0 Å². The van der Waals surface area contributed by atoms with Crippen LogP contribution in [0.15, 0.2) is 54.0 Å². The number of thiophene rings is 1. The molecule has 136 valence electrons. The first-order valence-electron chi connectivity index (χ1n) is 8.84. The Bertz CT molecular complexity index is 1030. The molecule has 1 aromatic carbocycles. The van der Waals surface area contributed by atoms with E-state index in [1.54, 1.807) is 29.3 Å².